The number of hydrogen-bond acceptors (Lipinski definition) is 5. The summed E-state index contributed by atoms with van der Waals surface area (Å²) < 4.78 is 1.31. The predicted octanol–water partition coefficient (Wildman–Crippen LogP) is 5.19. The number of aryl methyl sites for hydroxylation is 3. The first-order valence-corrected chi connectivity index (χ1v) is 11.4. The minimum Gasteiger partial charge on any atom is -0.331 e. The SMILES string of the molecule is Cc1nc(-c2c(C)c(C)nn(C)c2=O)sc1C(=O)N(Cc1ccc(Cl)c(Cl)c1)C(C)C. The van der Waals surface area contributed by atoms with Crippen molar-refractivity contribution in [3.8, 4) is 10.6 Å². The fraction of sp³-hybridized carbons (Fsp3) is 0.364. The Morgan fingerprint density at radius 2 is 1.84 bits per heavy atom. The molecule has 2 aromatic heterocycles. The lowest BCUT2D eigenvalue weighted by Crippen LogP contribution is -2.36. The van der Waals surface area contributed by atoms with Crippen molar-refractivity contribution in [2.45, 2.75) is 47.2 Å². The summed E-state index contributed by atoms with van der Waals surface area (Å²) >= 11 is 13.4. The highest BCUT2D eigenvalue weighted by Crippen LogP contribution is 2.31. The number of thiazole rings is 1. The first-order valence-electron chi connectivity index (χ1n) is 9.78. The van der Waals surface area contributed by atoms with Gasteiger partial charge in [0.15, 0.2) is 0 Å². The van der Waals surface area contributed by atoms with E-state index in [1.807, 2.05) is 33.8 Å². The van der Waals surface area contributed by atoms with Crippen LogP contribution in [0.1, 0.15) is 46.0 Å². The van der Waals surface area contributed by atoms with Gasteiger partial charge in [-0.05, 0) is 57.9 Å². The van der Waals surface area contributed by atoms with Gasteiger partial charge in [-0.2, -0.15) is 5.10 Å². The van der Waals surface area contributed by atoms with E-state index in [0.717, 1.165) is 16.8 Å². The first-order chi connectivity index (χ1) is 14.5. The maximum atomic E-state index is 13.5. The summed E-state index contributed by atoms with van der Waals surface area (Å²) in [6, 6.07) is 5.30. The topological polar surface area (TPSA) is 68.1 Å². The van der Waals surface area contributed by atoms with E-state index in [1.54, 1.807) is 31.0 Å². The molecule has 0 aliphatic heterocycles. The van der Waals surface area contributed by atoms with Gasteiger partial charge in [-0.25, -0.2) is 9.67 Å². The molecule has 0 saturated carbocycles. The molecule has 0 N–H and O–H groups in total. The molecule has 6 nitrogen and oxygen atoms in total. The van der Waals surface area contributed by atoms with E-state index in [9.17, 15) is 9.59 Å². The molecule has 9 heteroatoms. The molecule has 2 heterocycles. The van der Waals surface area contributed by atoms with Crippen molar-refractivity contribution in [3.63, 3.8) is 0 Å². The van der Waals surface area contributed by atoms with Gasteiger partial charge in [-0.1, -0.05) is 29.3 Å². The number of carbonyl (C=O) groups is 1. The summed E-state index contributed by atoms with van der Waals surface area (Å²) in [6.45, 7) is 9.79. The number of carbonyl (C=O) groups excluding carboxylic acids is 1. The van der Waals surface area contributed by atoms with Gasteiger partial charge in [0.2, 0.25) is 0 Å². The molecule has 0 atom stereocenters. The predicted molar refractivity (Wildman–Crippen MR) is 126 cm³/mol. The second-order valence-corrected chi connectivity index (χ2v) is 9.54. The average Bonchev–Trinajstić information content (AvgIpc) is 3.08. The summed E-state index contributed by atoms with van der Waals surface area (Å²) in [7, 11) is 1.61. The maximum absolute atomic E-state index is 13.5. The average molecular weight is 479 g/mol. The van der Waals surface area contributed by atoms with Crippen LogP contribution in [-0.2, 0) is 13.6 Å². The summed E-state index contributed by atoms with van der Waals surface area (Å²) in [4.78, 5) is 33.0. The second kappa shape index (κ2) is 9.10. The lowest BCUT2D eigenvalue weighted by atomic mass is 10.1. The zero-order chi connectivity index (χ0) is 23.0. The van der Waals surface area contributed by atoms with Gasteiger partial charge in [0.05, 0.1) is 27.0 Å². The molecule has 164 valence electrons. The van der Waals surface area contributed by atoms with Gasteiger partial charge >= 0.3 is 0 Å². The van der Waals surface area contributed by atoms with Crippen molar-refractivity contribution in [1.82, 2.24) is 19.7 Å². The van der Waals surface area contributed by atoms with Crippen LogP contribution < -0.4 is 5.56 Å². The second-order valence-electron chi connectivity index (χ2n) is 7.72. The van der Waals surface area contributed by atoms with Crippen LogP contribution in [0, 0.1) is 20.8 Å². The van der Waals surface area contributed by atoms with E-state index in [2.05, 4.69) is 10.1 Å². The molecule has 3 rings (SSSR count). The van der Waals surface area contributed by atoms with E-state index in [4.69, 9.17) is 23.2 Å². The third-order valence-corrected chi connectivity index (χ3v) is 7.05. The molecule has 0 spiro atoms. The lowest BCUT2D eigenvalue weighted by Gasteiger charge is -2.26. The van der Waals surface area contributed by atoms with Crippen molar-refractivity contribution in [1.29, 1.82) is 0 Å². The zero-order valence-electron chi connectivity index (χ0n) is 18.3. The van der Waals surface area contributed by atoms with Crippen LogP contribution in [0.2, 0.25) is 10.0 Å². The fourth-order valence-corrected chi connectivity index (χ4v) is 4.69. The molecule has 31 heavy (non-hydrogen) atoms. The molecule has 0 unspecified atom stereocenters. The number of amides is 1. The first kappa shape index (κ1) is 23.4. The standard InChI is InChI=1S/C22H24Cl2N4O2S/c1-11(2)28(10-15-7-8-16(23)17(24)9-15)22(30)19-14(5)25-20(31-19)18-12(3)13(4)26-27(6)21(18)29/h7-9,11H,10H2,1-6H3. The number of hydrogen-bond donors (Lipinski definition) is 0. The van der Waals surface area contributed by atoms with E-state index in [1.165, 1.54) is 16.0 Å². The minimum absolute atomic E-state index is 0.0512. The normalized spacial score (nSPS) is 11.3. The highest BCUT2D eigenvalue weighted by atomic mass is 35.5. The van der Waals surface area contributed by atoms with Gasteiger partial charge in [0, 0.05) is 19.6 Å². The Bertz CT molecular complexity index is 1220. The van der Waals surface area contributed by atoms with Crippen LogP contribution in [0.15, 0.2) is 23.0 Å². The number of aromatic nitrogens is 3. The summed E-state index contributed by atoms with van der Waals surface area (Å²) in [6.07, 6.45) is 0. The van der Waals surface area contributed by atoms with Gasteiger partial charge in [-0.3, -0.25) is 9.59 Å². The Morgan fingerprint density at radius 1 is 1.16 bits per heavy atom. The molecule has 0 fully saturated rings. The zero-order valence-corrected chi connectivity index (χ0v) is 20.6. The molecule has 1 aromatic carbocycles. The van der Waals surface area contributed by atoms with Crippen LogP contribution in [-0.4, -0.2) is 31.6 Å². The quantitative estimate of drug-likeness (QED) is 0.505. The van der Waals surface area contributed by atoms with Crippen molar-refractivity contribution < 1.29 is 4.79 Å². The molecule has 0 aliphatic carbocycles. The molecule has 0 bridgehead atoms. The largest absolute Gasteiger partial charge is 0.331 e. The molecule has 0 saturated heterocycles. The Morgan fingerprint density at radius 3 is 2.45 bits per heavy atom. The molecule has 3 aromatic rings. The molecule has 1 amide bonds. The van der Waals surface area contributed by atoms with Crippen LogP contribution in [0.3, 0.4) is 0 Å². The number of rotatable bonds is 5. The Balaban J connectivity index is 2.01. The van der Waals surface area contributed by atoms with Gasteiger partial charge in [0.1, 0.15) is 9.88 Å². The maximum Gasteiger partial charge on any atom is 0.277 e. The summed E-state index contributed by atoms with van der Waals surface area (Å²) in [5.41, 5.74) is 3.26. The lowest BCUT2D eigenvalue weighted by molar-refractivity contribution is 0.0694. The molecule has 0 aliphatic rings. The van der Waals surface area contributed by atoms with E-state index < -0.39 is 0 Å². The van der Waals surface area contributed by atoms with Gasteiger partial charge in [0.25, 0.3) is 11.5 Å². The minimum atomic E-state index is -0.229. The van der Waals surface area contributed by atoms with Crippen LogP contribution in [0.5, 0.6) is 0 Å². The van der Waals surface area contributed by atoms with Crippen molar-refractivity contribution in [2.24, 2.45) is 7.05 Å². The molecule has 0 radical (unpaired) electrons. The van der Waals surface area contributed by atoms with Crippen LogP contribution >= 0.6 is 34.5 Å². The Hall–Kier alpha value is -2.22. The Kier molecular flexibility index (Phi) is 6.88. The van der Waals surface area contributed by atoms with Crippen molar-refractivity contribution in [3.05, 3.63) is 66.0 Å². The number of halogens is 2. The molecular weight excluding hydrogens is 455 g/mol. The number of benzene rings is 1. The monoisotopic (exact) mass is 478 g/mol. The number of nitrogens with zero attached hydrogens (tertiary/aromatic N) is 4. The van der Waals surface area contributed by atoms with E-state index in [0.29, 0.717) is 37.7 Å². The van der Waals surface area contributed by atoms with Crippen molar-refractivity contribution >= 4 is 40.4 Å². The van der Waals surface area contributed by atoms with Crippen LogP contribution in [0.25, 0.3) is 10.6 Å². The Labute approximate surface area is 195 Å². The summed E-state index contributed by atoms with van der Waals surface area (Å²) in [5, 5.41) is 5.67. The highest BCUT2D eigenvalue weighted by molar-refractivity contribution is 7.17. The van der Waals surface area contributed by atoms with Crippen LogP contribution in [0.4, 0.5) is 0 Å². The van der Waals surface area contributed by atoms with Gasteiger partial charge in [-0.15, -0.1) is 11.3 Å². The van der Waals surface area contributed by atoms with E-state index >= 15 is 0 Å². The van der Waals surface area contributed by atoms with Crippen molar-refractivity contribution in [2.75, 3.05) is 0 Å². The summed E-state index contributed by atoms with van der Waals surface area (Å²) in [5.74, 6) is -0.137. The fourth-order valence-electron chi connectivity index (χ4n) is 3.26. The third-order valence-electron chi connectivity index (χ3n) is 5.15. The van der Waals surface area contributed by atoms with E-state index in [-0.39, 0.29) is 17.5 Å². The highest BCUT2D eigenvalue weighted by Gasteiger charge is 2.26. The smallest absolute Gasteiger partial charge is 0.277 e. The molecular formula is C22H24Cl2N4O2S. The third kappa shape index (κ3) is 4.68. The van der Waals surface area contributed by atoms with Gasteiger partial charge < -0.3 is 4.90 Å².